The van der Waals surface area contributed by atoms with Gasteiger partial charge in [-0.15, -0.1) is 59.3 Å². The Morgan fingerprint density at radius 1 is 0.652 bits per heavy atom. The molecule has 0 saturated heterocycles. The Hall–Kier alpha value is -0.950. The second-order valence-corrected chi connectivity index (χ2v) is 4.31. The van der Waals surface area contributed by atoms with Gasteiger partial charge in [-0.3, -0.25) is 0 Å². The Morgan fingerprint density at radius 3 is 1.35 bits per heavy atom. The summed E-state index contributed by atoms with van der Waals surface area (Å²) in [6.07, 6.45) is 0. The summed E-state index contributed by atoms with van der Waals surface area (Å²) in [7, 11) is 0. The summed E-state index contributed by atoms with van der Waals surface area (Å²) in [5.74, 6) is 0. The maximum Gasteiger partial charge on any atom is -0.0809 e. The zero-order valence-electron chi connectivity index (χ0n) is 14.5. The van der Waals surface area contributed by atoms with E-state index in [9.17, 15) is 0 Å². The summed E-state index contributed by atoms with van der Waals surface area (Å²) in [5.41, 5.74) is 0. The predicted octanol–water partition coefficient (Wildman–Crippen LogP) is 2.75. The van der Waals surface area contributed by atoms with Crippen molar-refractivity contribution in [1.29, 1.82) is 0 Å². The first-order chi connectivity index (χ1) is 9.93. The van der Waals surface area contributed by atoms with E-state index in [4.69, 9.17) is 0 Å². The first kappa shape index (κ1) is 24.3. The summed E-state index contributed by atoms with van der Waals surface area (Å²) in [6.45, 7) is 3.06. The van der Waals surface area contributed by atoms with Crippen LogP contribution in [0.5, 0.6) is 0 Å². The van der Waals surface area contributed by atoms with Crippen molar-refractivity contribution in [2.24, 2.45) is 0 Å². The van der Waals surface area contributed by atoms with Gasteiger partial charge in [-0.25, -0.2) is 0 Å². The Kier molecular flexibility index (Phi) is 14.3. The molecule has 0 aliphatic rings. The van der Waals surface area contributed by atoms with Crippen molar-refractivity contribution in [2.45, 2.75) is 0 Å². The molecule has 4 aromatic rings. The van der Waals surface area contributed by atoms with Gasteiger partial charge < -0.3 is 28.7 Å². The minimum atomic E-state index is 0. The minimum absolute atomic E-state index is 0. The van der Waals surface area contributed by atoms with Crippen LogP contribution in [0.3, 0.4) is 0 Å². The van der Waals surface area contributed by atoms with Gasteiger partial charge in [0, 0.05) is 0 Å². The third kappa shape index (κ3) is 6.99. The van der Waals surface area contributed by atoms with Gasteiger partial charge in [0.15, 0.2) is 0 Å². The summed E-state index contributed by atoms with van der Waals surface area (Å²) in [5, 5.41) is 5.32. The van der Waals surface area contributed by atoms with E-state index >= 15 is 0 Å². The monoisotopic (exact) mass is 414 g/mol. The van der Waals surface area contributed by atoms with E-state index in [0.717, 1.165) is 0 Å². The molecule has 0 aromatic heterocycles. The van der Waals surface area contributed by atoms with Crippen LogP contribution in [0.15, 0.2) is 84.9 Å². The summed E-state index contributed by atoms with van der Waals surface area (Å²) >= 11 is 1.36. The molecule has 122 valence electrons. The van der Waals surface area contributed by atoms with Gasteiger partial charge in [0.1, 0.15) is 0 Å². The number of halogens is 1. The van der Waals surface area contributed by atoms with E-state index < -0.39 is 0 Å². The van der Waals surface area contributed by atoms with E-state index in [2.05, 4.69) is 91.8 Å². The zero-order chi connectivity index (χ0) is 14.2. The summed E-state index contributed by atoms with van der Waals surface area (Å²) < 4.78 is 0. The molecular formula is C20H21ClSiZr-6. The predicted molar refractivity (Wildman–Crippen MR) is 98.8 cm³/mol. The van der Waals surface area contributed by atoms with Gasteiger partial charge in [0.25, 0.3) is 0 Å². The second-order valence-electron chi connectivity index (χ2n) is 4.31. The van der Waals surface area contributed by atoms with Crippen molar-refractivity contribution in [1.82, 2.24) is 0 Å². The van der Waals surface area contributed by atoms with Crippen LogP contribution >= 0.6 is 0 Å². The average Bonchev–Trinajstić information content (AvgIpc) is 3.18. The van der Waals surface area contributed by atoms with Crippen LogP contribution < -0.4 is 12.4 Å². The number of hydrogen-bond acceptors (Lipinski definition) is 0. The number of rotatable bonds is 0. The Balaban J connectivity index is -0.000000290. The third-order valence-corrected chi connectivity index (χ3v) is 3.10. The fraction of sp³-hybridized carbons (Fsp3) is 0. The topological polar surface area (TPSA) is 0 Å². The molecule has 23 heavy (non-hydrogen) atoms. The van der Waals surface area contributed by atoms with Gasteiger partial charge in [-0.05, 0) is 0 Å². The van der Waals surface area contributed by atoms with Crippen molar-refractivity contribution in [2.75, 3.05) is 0 Å². The van der Waals surface area contributed by atoms with Gasteiger partial charge in [0.2, 0.25) is 0 Å². The number of benzene rings is 2. The van der Waals surface area contributed by atoms with Crippen LogP contribution in [0.25, 0.3) is 21.5 Å². The Morgan fingerprint density at radius 2 is 1.00 bits per heavy atom. The second kappa shape index (κ2) is 13.5. The summed E-state index contributed by atoms with van der Waals surface area (Å²) in [6, 6.07) is 29.3. The molecular weight excluding hydrogens is 395 g/mol. The van der Waals surface area contributed by atoms with E-state index in [1.54, 1.807) is 0 Å². The van der Waals surface area contributed by atoms with Crippen molar-refractivity contribution in [3.8, 4) is 0 Å². The van der Waals surface area contributed by atoms with Crippen molar-refractivity contribution in [3.05, 3.63) is 99.8 Å². The van der Waals surface area contributed by atoms with E-state index in [-0.39, 0.29) is 28.7 Å². The number of fused-ring (bicyclic) bond motifs is 2. The standard InChI is InChI=1S/2C9H7.2CH3.ClH.Si.Zr.H/c2*1-2-5-9-7-3-6-8(9)4-1;;;;;;/h2*1-7H;2*1H3;1H;;;/q4*-1;;;;-1/p-1. The molecule has 4 rings (SSSR count). The summed E-state index contributed by atoms with van der Waals surface area (Å²) in [4.78, 5) is 0. The molecule has 0 nitrogen and oxygen atoms in total. The van der Waals surface area contributed by atoms with E-state index in [0.29, 0.717) is 0 Å². The first-order valence-corrected chi connectivity index (χ1v) is 10.6. The van der Waals surface area contributed by atoms with Crippen LogP contribution in [0.1, 0.15) is 1.43 Å². The fourth-order valence-corrected chi connectivity index (χ4v) is 2.14. The van der Waals surface area contributed by atoms with Gasteiger partial charge in [-0.2, -0.15) is 35.0 Å². The normalized spacial score (nSPS) is 8.13. The van der Waals surface area contributed by atoms with Gasteiger partial charge in [-0.1, -0.05) is 12.1 Å². The van der Waals surface area contributed by atoms with Gasteiger partial charge in [0.05, 0.1) is 0 Å². The molecule has 0 N–H and O–H groups in total. The van der Waals surface area contributed by atoms with Crippen LogP contribution in [0.4, 0.5) is 0 Å². The largest absolute Gasteiger partial charge is 0.168 e. The smallest absolute Gasteiger partial charge is 0.0809 e. The zero-order valence-corrected chi connectivity index (χ0v) is 17.7. The van der Waals surface area contributed by atoms with Crippen molar-refractivity contribution in [3.63, 3.8) is 0 Å². The SMILES string of the molecule is [CH3-].[CH3-].[Cl-].[H-].[Si]=[Zr].c1ccc2[cH-]ccc2c1.c1ccc2[cH-]ccc2c1. The molecule has 0 amide bonds. The Bertz CT molecular complexity index is 653. The molecule has 0 atom stereocenters. The first-order valence-electron chi connectivity index (χ1n) is 6.39. The molecule has 2 radical (unpaired) electrons. The Labute approximate surface area is 164 Å². The molecule has 0 aliphatic carbocycles. The minimum Gasteiger partial charge on any atom is -0.168 e. The van der Waals surface area contributed by atoms with Crippen LogP contribution in [0, 0.1) is 14.9 Å². The molecule has 3 heteroatoms. The number of hydrogen-bond donors (Lipinski definition) is 0. The molecule has 0 saturated carbocycles. The molecule has 0 bridgehead atoms. The molecule has 0 spiro atoms. The maximum atomic E-state index is 3.06. The van der Waals surface area contributed by atoms with E-state index in [1.807, 2.05) is 0 Å². The van der Waals surface area contributed by atoms with E-state index in [1.165, 1.54) is 44.9 Å². The van der Waals surface area contributed by atoms with Crippen LogP contribution in [-0.2, 0) is 23.3 Å². The van der Waals surface area contributed by atoms with Crippen LogP contribution in [-0.4, -0.2) is 6.88 Å². The average molecular weight is 416 g/mol. The molecule has 0 fully saturated rings. The molecule has 0 aliphatic heterocycles. The third-order valence-electron chi connectivity index (χ3n) is 3.10. The molecule has 0 heterocycles. The van der Waals surface area contributed by atoms with Crippen molar-refractivity contribution < 1.29 is 37.2 Å². The quantitative estimate of drug-likeness (QED) is 0.306. The maximum absolute atomic E-state index is 3.06. The van der Waals surface area contributed by atoms with Gasteiger partial charge >= 0.3 is 30.2 Å². The van der Waals surface area contributed by atoms with Crippen LogP contribution in [0.2, 0.25) is 0 Å². The molecule has 4 aromatic carbocycles. The molecule has 0 unspecified atom stereocenters. The fourth-order valence-electron chi connectivity index (χ4n) is 2.14. The van der Waals surface area contributed by atoms with Crippen molar-refractivity contribution >= 4 is 28.4 Å².